The summed E-state index contributed by atoms with van der Waals surface area (Å²) in [5, 5.41) is 0. The monoisotopic (exact) mass is 146 g/mol. The molecule has 0 bridgehead atoms. The largest absolute Gasteiger partial charge is 0.311 e. The molecule has 0 saturated heterocycles. The Morgan fingerprint density at radius 1 is 1.00 bits per heavy atom. The van der Waals surface area contributed by atoms with Crippen molar-refractivity contribution in [1.29, 1.82) is 0 Å². The minimum atomic E-state index is -1.05. The molecule has 6 heteroatoms. The summed E-state index contributed by atoms with van der Waals surface area (Å²) in [6, 6.07) is 0. The number of rotatable bonds is 0. The Hall–Kier alpha value is -1.17. The Balaban J connectivity index is 3.85. The number of aromatic nitrogens is 2. The van der Waals surface area contributed by atoms with E-state index < -0.39 is 16.5 Å². The molecule has 48 valence electrons. The molecule has 0 amide bonds. The van der Waals surface area contributed by atoms with Gasteiger partial charge in [-0.1, -0.05) is 0 Å². The number of hydrogen-bond acceptors (Lipinski definition) is 4. The highest BCUT2D eigenvalue weighted by atomic mass is 32.1. The molecule has 1 heterocycles. The fourth-order valence-electron chi connectivity index (χ4n) is 0.314. The van der Waals surface area contributed by atoms with E-state index >= 15 is 0 Å². The second kappa shape index (κ2) is 1.98. The lowest BCUT2D eigenvalue weighted by Gasteiger charge is -1.74. The number of H-pyrrole nitrogens is 2. The molecule has 5 nitrogen and oxygen atoms in total. The lowest BCUT2D eigenvalue weighted by molar-refractivity contribution is 1.20. The Kier molecular flexibility index (Phi) is 1.31. The molecule has 0 spiro atoms. The summed E-state index contributed by atoms with van der Waals surface area (Å²) in [6.45, 7) is 0. The predicted molar refractivity (Wildman–Crippen MR) is 31.8 cm³/mol. The quantitative estimate of drug-likeness (QED) is 0.436. The molecule has 0 fully saturated rings. The van der Waals surface area contributed by atoms with Crippen molar-refractivity contribution < 1.29 is 0 Å². The Morgan fingerprint density at radius 2 is 1.44 bits per heavy atom. The first-order valence-corrected chi connectivity index (χ1v) is 2.84. The van der Waals surface area contributed by atoms with Crippen LogP contribution in [0.1, 0.15) is 0 Å². The van der Waals surface area contributed by atoms with E-state index in [0.717, 1.165) is 0 Å². The van der Waals surface area contributed by atoms with Crippen LogP contribution in [0.3, 0.4) is 0 Å². The van der Waals surface area contributed by atoms with Crippen LogP contribution in [0.4, 0.5) is 0 Å². The molecule has 1 rings (SSSR count). The van der Waals surface area contributed by atoms with E-state index in [1.165, 1.54) is 0 Å². The molecule has 0 saturated carbocycles. The van der Waals surface area contributed by atoms with Crippen LogP contribution in [0.2, 0.25) is 0 Å². The van der Waals surface area contributed by atoms with Gasteiger partial charge in [0.05, 0.1) is 0 Å². The Morgan fingerprint density at radius 3 is 1.78 bits per heavy atom. The summed E-state index contributed by atoms with van der Waals surface area (Å²) in [6.07, 6.45) is 0. The summed E-state index contributed by atoms with van der Waals surface area (Å²) < 4.78 is 4.12. The maximum atomic E-state index is 10.3. The molecule has 1 aromatic rings. The van der Waals surface area contributed by atoms with Crippen molar-refractivity contribution in [3.05, 3.63) is 30.9 Å². The van der Waals surface area contributed by atoms with Crippen molar-refractivity contribution in [3.8, 4) is 0 Å². The van der Waals surface area contributed by atoms with Crippen molar-refractivity contribution in [2.75, 3.05) is 0 Å². The van der Waals surface area contributed by atoms with Crippen molar-refractivity contribution in [1.82, 2.24) is 8.75 Å². The van der Waals surface area contributed by atoms with E-state index in [1.54, 1.807) is 0 Å². The second-order valence-electron chi connectivity index (χ2n) is 1.29. The zero-order chi connectivity index (χ0) is 6.85. The van der Waals surface area contributed by atoms with Crippen LogP contribution >= 0.6 is 11.7 Å². The molecule has 9 heavy (non-hydrogen) atoms. The minimum Gasteiger partial charge on any atom is -0.277 e. The molecule has 2 N–H and O–H groups in total. The second-order valence-corrected chi connectivity index (χ2v) is 1.91. The lowest BCUT2D eigenvalue weighted by Crippen LogP contribution is -2.39. The third kappa shape index (κ3) is 0.968. The van der Waals surface area contributed by atoms with Crippen molar-refractivity contribution >= 4 is 11.7 Å². The van der Waals surface area contributed by atoms with Gasteiger partial charge in [-0.3, -0.25) is 23.1 Å². The zero-order valence-electron chi connectivity index (χ0n) is 4.13. The van der Waals surface area contributed by atoms with Crippen molar-refractivity contribution in [3.63, 3.8) is 0 Å². The Labute approximate surface area is 52.3 Å². The topological polar surface area (TPSA) is 82.8 Å². The van der Waals surface area contributed by atoms with Crippen LogP contribution in [-0.2, 0) is 0 Å². The average molecular weight is 146 g/mol. The SMILES string of the molecule is O=c1[nH]s[nH]c(=O)c1=O. The molecular weight excluding hydrogens is 144 g/mol. The first-order chi connectivity index (χ1) is 4.22. The highest BCUT2D eigenvalue weighted by Crippen LogP contribution is 1.57. The molecule has 0 aromatic carbocycles. The summed E-state index contributed by atoms with van der Waals surface area (Å²) in [5.41, 5.74) is -2.79. The van der Waals surface area contributed by atoms with Crippen LogP contribution in [0.15, 0.2) is 14.4 Å². The van der Waals surface area contributed by atoms with Gasteiger partial charge >= 0.3 is 16.5 Å². The van der Waals surface area contributed by atoms with Gasteiger partial charge in [-0.2, -0.15) is 0 Å². The van der Waals surface area contributed by atoms with Crippen molar-refractivity contribution in [2.24, 2.45) is 0 Å². The van der Waals surface area contributed by atoms with Crippen LogP contribution in [0.25, 0.3) is 0 Å². The molecular formula is C3H2N2O3S. The van der Waals surface area contributed by atoms with E-state index in [4.69, 9.17) is 0 Å². The maximum absolute atomic E-state index is 10.3. The summed E-state index contributed by atoms with van der Waals surface area (Å²) in [5.74, 6) is 0. The van der Waals surface area contributed by atoms with Crippen LogP contribution in [0.5, 0.6) is 0 Å². The first-order valence-electron chi connectivity index (χ1n) is 2.02. The van der Waals surface area contributed by atoms with Gasteiger partial charge in [-0.15, -0.1) is 0 Å². The molecule has 1 aromatic heterocycles. The summed E-state index contributed by atoms with van der Waals surface area (Å²) in [4.78, 5) is 30.8. The van der Waals surface area contributed by atoms with Crippen LogP contribution in [0, 0.1) is 0 Å². The fraction of sp³-hybridized carbons (Fsp3) is 0. The van der Waals surface area contributed by atoms with E-state index in [2.05, 4.69) is 8.75 Å². The highest BCUT2D eigenvalue weighted by Gasteiger charge is 1.94. The molecule has 0 radical (unpaired) electrons. The van der Waals surface area contributed by atoms with Crippen LogP contribution in [-0.4, -0.2) is 8.75 Å². The predicted octanol–water partition coefficient (Wildman–Crippen LogP) is -1.52. The highest BCUT2D eigenvalue weighted by molar-refractivity contribution is 6.98. The standard InChI is InChI=1S/C3H2N2O3S/c6-1-2(7)4-9-5-3(1)8/h(H,4,7)(H,5,8). The van der Waals surface area contributed by atoms with Gasteiger partial charge in [0.15, 0.2) is 0 Å². The molecule has 0 unspecified atom stereocenters. The third-order valence-electron chi connectivity index (χ3n) is 0.700. The molecule has 0 aliphatic heterocycles. The van der Waals surface area contributed by atoms with Crippen LogP contribution < -0.4 is 16.5 Å². The van der Waals surface area contributed by atoms with Crippen molar-refractivity contribution in [2.45, 2.75) is 0 Å². The normalized spacial score (nSPS) is 9.33. The van der Waals surface area contributed by atoms with Gasteiger partial charge in [-0.05, 0) is 0 Å². The molecule has 0 atom stereocenters. The summed E-state index contributed by atoms with van der Waals surface area (Å²) >= 11 is 0.695. The molecule has 0 aliphatic rings. The number of nitrogens with one attached hydrogen (secondary N) is 2. The number of aromatic amines is 2. The lowest BCUT2D eigenvalue weighted by atomic mass is 10.7. The van der Waals surface area contributed by atoms with Gasteiger partial charge in [-0.25, -0.2) is 0 Å². The van der Waals surface area contributed by atoms with Gasteiger partial charge in [0.2, 0.25) is 0 Å². The van der Waals surface area contributed by atoms with Gasteiger partial charge in [0.25, 0.3) is 0 Å². The van der Waals surface area contributed by atoms with E-state index in [9.17, 15) is 14.4 Å². The smallest absolute Gasteiger partial charge is 0.277 e. The van der Waals surface area contributed by atoms with E-state index in [1.807, 2.05) is 0 Å². The van der Waals surface area contributed by atoms with Gasteiger partial charge in [0.1, 0.15) is 0 Å². The zero-order valence-corrected chi connectivity index (χ0v) is 4.95. The average Bonchev–Trinajstić information content (AvgIpc) is 1.83. The third-order valence-corrected chi connectivity index (χ3v) is 1.27. The summed E-state index contributed by atoms with van der Waals surface area (Å²) in [7, 11) is 0. The van der Waals surface area contributed by atoms with Gasteiger partial charge in [0, 0.05) is 11.7 Å². The van der Waals surface area contributed by atoms with E-state index in [-0.39, 0.29) is 0 Å². The maximum Gasteiger partial charge on any atom is 0.311 e. The Bertz CT molecular complexity index is 327. The molecule has 0 aliphatic carbocycles. The minimum absolute atomic E-state index is 0.695. The first kappa shape index (κ1) is 5.96. The number of hydrogen-bond donors (Lipinski definition) is 2. The fourth-order valence-corrected chi connectivity index (χ4v) is 0.736. The van der Waals surface area contributed by atoms with E-state index in [0.29, 0.717) is 11.7 Å². The van der Waals surface area contributed by atoms with Gasteiger partial charge < -0.3 is 0 Å².